The molecule has 0 saturated carbocycles. The van der Waals surface area contributed by atoms with Gasteiger partial charge in [0.2, 0.25) is 0 Å². The molecule has 88 valence electrons. The lowest BCUT2D eigenvalue weighted by molar-refractivity contribution is 0.636. The van der Waals surface area contributed by atoms with Crippen LogP contribution in [0.3, 0.4) is 0 Å². The Morgan fingerprint density at radius 1 is 1.50 bits per heavy atom. The van der Waals surface area contributed by atoms with Crippen molar-refractivity contribution in [3.8, 4) is 0 Å². The van der Waals surface area contributed by atoms with Crippen LogP contribution in [0.2, 0.25) is 0 Å². The van der Waals surface area contributed by atoms with Crippen molar-refractivity contribution in [1.29, 1.82) is 0 Å². The third kappa shape index (κ3) is 4.23. The van der Waals surface area contributed by atoms with Crippen molar-refractivity contribution in [1.82, 2.24) is 5.32 Å². The monoisotopic (exact) mass is 283 g/mol. The van der Waals surface area contributed by atoms with Crippen LogP contribution >= 0.6 is 15.9 Å². The van der Waals surface area contributed by atoms with Gasteiger partial charge in [-0.1, -0.05) is 41.1 Å². The molecular weight excluding hydrogens is 266 g/mol. The predicted molar refractivity (Wildman–Crippen MR) is 72.4 cm³/mol. The quantitative estimate of drug-likeness (QED) is 0.659. The van der Waals surface area contributed by atoms with Crippen molar-refractivity contribution in [3.63, 3.8) is 0 Å². The van der Waals surface area contributed by atoms with Crippen LogP contribution in [0, 0.1) is 0 Å². The van der Waals surface area contributed by atoms with Gasteiger partial charge >= 0.3 is 0 Å². The molecule has 0 bridgehead atoms. The molecule has 0 aliphatic carbocycles. The summed E-state index contributed by atoms with van der Waals surface area (Å²) in [6.07, 6.45) is 1.03. The number of nitrogens with two attached hydrogens (primary N) is 1. The number of nitrogens with one attached hydrogen (secondary N) is 1. The second-order valence-corrected chi connectivity index (χ2v) is 4.60. The molecule has 1 aromatic carbocycles. The Bertz CT molecular complexity index is 363. The van der Waals surface area contributed by atoms with Gasteiger partial charge in [0.25, 0.3) is 0 Å². The molecule has 3 nitrogen and oxygen atoms in total. The molecule has 4 heteroatoms. The van der Waals surface area contributed by atoms with Crippen LogP contribution in [-0.2, 0) is 6.54 Å². The summed E-state index contributed by atoms with van der Waals surface area (Å²) in [5.74, 6) is 0.505. The van der Waals surface area contributed by atoms with Gasteiger partial charge in [0.15, 0.2) is 5.96 Å². The van der Waals surface area contributed by atoms with E-state index >= 15 is 0 Å². The molecule has 16 heavy (non-hydrogen) atoms. The molecule has 0 amide bonds. The van der Waals surface area contributed by atoms with Crippen LogP contribution in [0.1, 0.15) is 25.8 Å². The Labute approximate surface area is 105 Å². The van der Waals surface area contributed by atoms with Crippen molar-refractivity contribution in [2.45, 2.75) is 32.9 Å². The summed E-state index contributed by atoms with van der Waals surface area (Å²) in [5.41, 5.74) is 6.91. The van der Waals surface area contributed by atoms with Crippen LogP contribution in [0.5, 0.6) is 0 Å². The highest BCUT2D eigenvalue weighted by Gasteiger charge is 2.00. The highest BCUT2D eigenvalue weighted by molar-refractivity contribution is 9.10. The molecule has 3 N–H and O–H groups in total. The molecule has 0 saturated heterocycles. The molecule has 1 rings (SSSR count). The highest BCUT2D eigenvalue weighted by Crippen LogP contribution is 2.16. The van der Waals surface area contributed by atoms with Gasteiger partial charge in [0, 0.05) is 10.5 Å². The standard InChI is InChI=1S/C12H18BrN3/c1-3-9(2)16-12(14)15-8-10-6-4-5-7-11(10)13/h4-7,9H,3,8H2,1-2H3,(H3,14,15,16). The smallest absolute Gasteiger partial charge is 0.189 e. The molecule has 1 atom stereocenters. The minimum atomic E-state index is 0.364. The van der Waals surface area contributed by atoms with E-state index < -0.39 is 0 Å². The number of benzene rings is 1. The Kier molecular flexibility index (Phi) is 5.32. The maximum atomic E-state index is 5.77. The SMILES string of the molecule is CCC(C)NC(N)=NCc1ccccc1Br. The van der Waals surface area contributed by atoms with Gasteiger partial charge in [-0.15, -0.1) is 0 Å². The first-order chi connectivity index (χ1) is 7.63. The Hall–Kier alpha value is -1.03. The highest BCUT2D eigenvalue weighted by atomic mass is 79.9. The van der Waals surface area contributed by atoms with E-state index in [9.17, 15) is 0 Å². The van der Waals surface area contributed by atoms with Crippen LogP contribution < -0.4 is 11.1 Å². The molecule has 0 aliphatic heterocycles. The summed E-state index contributed by atoms with van der Waals surface area (Å²) >= 11 is 3.48. The zero-order valence-corrected chi connectivity index (χ0v) is 11.3. The molecule has 0 aliphatic rings. The molecule has 1 aromatic rings. The summed E-state index contributed by atoms with van der Waals surface area (Å²) in [4.78, 5) is 4.30. The van der Waals surface area contributed by atoms with Crippen molar-refractivity contribution in [3.05, 3.63) is 34.3 Å². The summed E-state index contributed by atoms with van der Waals surface area (Å²) in [6, 6.07) is 8.38. The lowest BCUT2D eigenvalue weighted by Crippen LogP contribution is -2.38. The Balaban J connectivity index is 2.56. The maximum Gasteiger partial charge on any atom is 0.189 e. The Morgan fingerprint density at radius 3 is 2.81 bits per heavy atom. The molecule has 0 heterocycles. The molecule has 0 aromatic heterocycles. The van der Waals surface area contributed by atoms with Crippen molar-refractivity contribution >= 4 is 21.9 Å². The van der Waals surface area contributed by atoms with Gasteiger partial charge in [0.05, 0.1) is 6.54 Å². The van der Waals surface area contributed by atoms with E-state index in [0.717, 1.165) is 16.5 Å². The minimum absolute atomic E-state index is 0.364. The number of hydrogen-bond donors (Lipinski definition) is 2. The third-order valence-corrected chi connectivity index (χ3v) is 3.16. The molecular formula is C12H18BrN3. The minimum Gasteiger partial charge on any atom is -0.370 e. The fraction of sp³-hybridized carbons (Fsp3) is 0.417. The fourth-order valence-electron chi connectivity index (χ4n) is 1.20. The summed E-state index contributed by atoms with van der Waals surface area (Å²) < 4.78 is 1.06. The maximum absolute atomic E-state index is 5.77. The van der Waals surface area contributed by atoms with E-state index in [1.165, 1.54) is 0 Å². The first-order valence-corrected chi connectivity index (χ1v) is 6.22. The lowest BCUT2D eigenvalue weighted by Gasteiger charge is -2.11. The number of nitrogens with zero attached hydrogens (tertiary/aromatic N) is 1. The van der Waals surface area contributed by atoms with E-state index in [1.807, 2.05) is 24.3 Å². The van der Waals surface area contributed by atoms with E-state index in [1.54, 1.807) is 0 Å². The zero-order chi connectivity index (χ0) is 12.0. The van der Waals surface area contributed by atoms with Gasteiger partial charge in [-0.3, -0.25) is 0 Å². The average Bonchev–Trinajstić information content (AvgIpc) is 2.28. The number of halogens is 1. The van der Waals surface area contributed by atoms with Gasteiger partial charge in [-0.25, -0.2) is 4.99 Å². The van der Waals surface area contributed by atoms with E-state index in [2.05, 4.69) is 40.1 Å². The van der Waals surface area contributed by atoms with Gasteiger partial charge in [-0.2, -0.15) is 0 Å². The number of hydrogen-bond acceptors (Lipinski definition) is 1. The third-order valence-electron chi connectivity index (χ3n) is 2.38. The van der Waals surface area contributed by atoms with Crippen LogP contribution in [0.15, 0.2) is 33.7 Å². The van der Waals surface area contributed by atoms with E-state index in [4.69, 9.17) is 5.73 Å². The normalized spacial score (nSPS) is 13.6. The van der Waals surface area contributed by atoms with Crippen molar-refractivity contribution in [2.24, 2.45) is 10.7 Å². The van der Waals surface area contributed by atoms with Gasteiger partial charge in [-0.05, 0) is 25.0 Å². The summed E-state index contributed by atoms with van der Waals surface area (Å²) in [5, 5.41) is 3.13. The summed E-state index contributed by atoms with van der Waals surface area (Å²) in [6.45, 7) is 4.79. The second-order valence-electron chi connectivity index (χ2n) is 3.75. The van der Waals surface area contributed by atoms with Crippen LogP contribution in [0.4, 0.5) is 0 Å². The van der Waals surface area contributed by atoms with Gasteiger partial charge in [0.1, 0.15) is 0 Å². The molecule has 0 fully saturated rings. The van der Waals surface area contributed by atoms with E-state index in [-0.39, 0.29) is 0 Å². The lowest BCUT2D eigenvalue weighted by atomic mass is 10.2. The van der Waals surface area contributed by atoms with Crippen molar-refractivity contribution < 1.29 is 0 Å². The predicted octanol–water partition coefficient (Wildman–Crippen LogP) is 2.65. The Morgan fingerprint density at radius 2 is 2.19 bits per heavy atom. The zero-order valence-electron chi connectivity index (χ0n) is 9.70. The number of aliphatic imine (C=N–C) groups is 1. The fourth-order valence-corrected chi connectivity index (χ4v) is 1.61. The van der Waals surface area contributed by atoms with Crippen LogP contribution in [-0.4, -0.2) is 12.0 Å². The molecule has 1 unspecified atom stereocenters. The van der Waals surface area contributed by atoms with Crippen LogP contribution in [0.25, 0.3) is 0 Å². The summed E-state index contributed by atoms with van der Waals surface area (Å²) in [7, 11) is 0. The molecule has 0 spiro atoms. The average molecular weight is 284 g/mol. The second kappa shape index (κ2) is 6.53. The number of guanidine groups is 1. The number of rotatable bonds is 4. The first kappa shape index (κ1) is 13.0. The van der Waals surface area contributed by atoms with E-state index in [0.29, 0.717) is 18.5 Å². The molecule has 0 radical (unpaired) electrons. The van der Waals surface area contributed by atoms with Crippen molar-refractivity contribution in [2.75, 3.05) is 0 Å². The first-order valence-electron chi connectivity index (χ1n) is 5.43. The van der Waals surface area contributed by atoms with Gasteiger partial charge < -0.3 is 11.1 Å². The largest absolute Gasteiger partial charge is 0.370 e. The topological polar surface area (TPSA) is 50.4 Å².